The van der Waals surface area contributed by atoms with Crippen molar-refractivity contribution in [2.75, 3.05) is 26.2 Å². The molecule has 0 bridgehead atoms. The zero-order valence-electron chi connectivity index (χ0n) is 20.3. The van der Waals surface area contributed by atoms with Crippen LogP contribution < -0.4 is 5.32 Å². The van der Waals surface area contributed by atoms with Crippen molar-refractivity contribution in [2.45, 2.75) is 43.9 Å². The summed E-state index contributed by atoms with van der Waals surface area (Å²) in [6.45, 7) is 3.70. The second-order valence-electron chi connectivity index (χ2n) is 10.0. The molecule has 36 heavy (non-hydrogen) atoms. The van der Waals surface area contributed by atoms with E-state index in [1.54, 1.807) is 6.07 Å². The van der Waals surface area contributed by atoms with Gasteiger partial charge in [-0.1, -0.05) is 24.3 Å². The summed E-state index contributed by atoms with van der Waals surface area (Å²) in [4.78, 5) is 19.4. The van der Waals surface area contributed by atoms with Gasteiger partial charge in [-0.05, 0) is 67.1 Å². The minimum atomic E-state index is -0.894. The van der Waals surface area contributed by atoms with Crippen molar-refractivity contribution in [3.63, 3.8) is 0 Å². The highest BCUT2D eigenvalue weighted by Crippen LogP contribution is 2.35. The predicted octanol–water partition coefficient (Wildman–Crippen LogP) is 4.37. The van der Waals surface area contributed by atoms with Crippen LogP contribution in [-0.2, 0) is 16.9 Å². The Morgan fingerprint density at radius 2 is 2.00 bits per heavy atom. The van der Waals surface area contributed by atoms with Gasteiger partial charge in [-0.15, -0.1) is 0 Å². The Labute approximate surface area is 210 Å². The topological polar surface area (TPSA) is 87.8 Å². The van der Waals surface area contributed by atoms with Gasteiger partial charge in [-0.2, -0.15) is 0 Å². The highest BCUT2D eigenvalue weighted by atomic mass is 16.5. The van der Waals surface area contributed by atoms with Crippen LogP contribution in [0.3, 0.4) is 0 Å². The predicted molar refractivity (Wildman–Crippen MR) is 138 cm³/mol. The smallest absolute Gasteiger partial charge is 0.287 e. The molecule has 1 atom stereocenters. The molecule has 0 saturated carbocycles. The molecule has 2 N–H and O–H groups in total. The molecule has 0 aliphatic carbocycles. The van der Waals surface area contributed by atoms with E-state index in [9.17, 15) is 9.90 Å². The largest absolute Gasteiger partial charge is 0.451 e. The van der Waals surface area contributed by atoms with Crippen LogP contribution in [0.15, 0.2) is 65.2 Å². The summed E-state index contributed by atoms with van der Waals surface area (Å²) in [5.74, 6) is 0.0472. The molecule has 2 saturated heterocycles. The van der Waals surface area contributed by atoms with Gasteiger partial charge in [0.2, 0.25) is 0 Å². The molecule has 2 fully saturated rings. The first-order chi connectivity index (χ1) is 17.6. The summed E-state index contributed by atoms with van der Waals surface area (Å²) in [5.41, 5.74) is 2.87. The summed E-state index contributed by atoms with van der Waals surface area (Å²) in [7, 11) is 0. The molecule has 2 aliphatic rings. The van der Waals surface area contributed by atoms with Crippen LogP contribution in [0, 0.1) is 0 Å². The maximum Gasteiger partial charge on any atom is 0.287 e. The van der Waals surface area contributed by atoms with Crippen LogP contribution in [0.5, 0.6) is 0 Å². The molecule has 0 spiro atoms. The lowest BCUT2D eigenvalue weighted by atomic mass is 9.84. The van der Waals surface area contributed by atoms with Crippen LogP contribution in [0.4, 0.5) is 0 Å². The van der Waals surface area contributed by atoms with E-state index in [1.165, 1.54) is 5.56 Å². The van der Waals surface area contributed by atoms with Crippen molar-refractivity contribution in [3.05, 3.63) is 77.7 Å². The van der Waals surface area contributed by atoms with Crippen molar-refractivity contribution in [2.24, 2.45) is 0 Å². The number of furan rings is 1. The number of fused-ring (bicyclic) bond motifs is 2. The van der Waals surface area contributed by atoms with E-state index in [1.807, 2.05) is 30.5 Å². The van der Waals surface area contributed by atoms with E-state index in [4.69, 9.17) is 9.15 Å². The fourth-order valence-corrected chi connectivity index (χ4v) is 5.38. The zero-order valence-corrected chi connectivity index (χ0v) is 20.3. The second-order valence-corrected chi connectivity index (χ2v) is 10.0. The number of amides is 1. The third kappa shape index (κ3) is 4.74. The Bertz CT molecular complexity index is 1380. The number of nitrogens with zero attached hydrogens (tertiary/aromatic N) is 2. The van der Waals surface area contributed by atoms with Crippen molar-refractivity contribution in [3.8, 4) is 0 Å². The molecule has 186 valence electrons. The first-order valence-electron chi connectivity index (χ1n) is 12.8. The van der Waals surface area contributed by atoms with Gasteiger partial charge in [0.05, 0.1) is 17.2 Å². The van der Waals surface area contributed by atoms with Gasteiger partial charge in [0.1, 0.15) is 5.58 Å². The van der Waals surface area contributed by atoms with Gasteiger partial charge in [-0.25, -0.2) is 0 Å². The molecular formula is C29H31N3O4. The molecule has 1 unspecified atom stereocenters. The fourth-order valence-electron chi connectivity index (χ4n) is 5.38. The molecule has 1 amide bonds. The maximum absolute atomic E-state index is 12.6. The van der Waals surface area contributed by atoms with Crippen LogP contribution in [0.25, 0.3) is 21.9 Å². The third-order valence-corrected chi connectivity index (χ3v) is 7.55. The average molecular weight is 486 g/mol. The highest BCUT2D eigenvalue weighted by Gasteiger charge is 2.34. The molecule has 0 radical (unpaired) electrons. The Balaban J connectivity index is 1.10. The minimum Gasteiger partial charge on any atom is -0.451 e. The first-order valence-corrected chi connectivity index (χ1v) is 12.8. The number of carbonyl (C=O) groups is 1. The summed E-state index contributed by atoms with van der Waals surface area (Å²) in [6.07, 6.45) is 5.22. The van der Waals surface area contributed by atoms with E-state index >= 15 is 0 Å². The van der Waals surface area contributed by atoms with Crippen LogP contribution >= 0.6 is 0 Å². The summed E-state index contributed by atoms with van der Waals surface area (Å²) < 4.78 is 11.4. The second kappa shape index (κ2) is 9.65. The fraction of sp³-hybridized carbons (Fsp3) is 0.379. The molecule has 2 aromatic carbocycles. The number of aliphatic hydroxyl groups is 1. The number of hydrogen-bond acceptors (Lipinski definition) is 6. The summed E-state index contributed by atoms with van der Waals surface area (Å²) in [6, 6.07) is 18.0. The van der Waals surface area contributed by atoms with Gasteiger partial charge < -0.3 is 19.6 Å². The number of ether oxygens (including phenoxy) is 1. The average Bonchev–Trinajstić information content (AvgIpc) is 3.58. The Morgan fingerprint density at radius 3 is 2.83 bits per heavy atom. The van der Waals surface area contributed by atoms with E-state index in [0.29, 0.717) is 25.0 Å². The number of piperidine rings is 1. The van der Waals surface area contributed by atoms with Crippen molar-refractivity contribution < 1.29 is 19.1 Å². The first kappa shape index (κ1) is 23.2. The van der Waals surface area contributed by atoms with Crippen LogP contribution in [0.1, 0.15) is 47.4 Å². The molecule has 4 aromatic rings. The number of likely N-dealkylation sites (tertiary alicyclic amines) is 1. The molecule has 6 rings (SSSR count). The van der Waals surface area contributed by atoms with Crippen molar-refractivity contribution >= 4 is 27.8 Å². The lowest BCUT2D eigenvalue weighted by Gasteiger charge is -2.38. The van der Waals surface area contributed by atoms with E-state index in [2.05, 4.69) is 39.5 Å². The molecule has 7 nitrogen and oxygen atoms in total. The standard InChI is InChI=1S/C29H31N3O4/c33-28(31-18-24-4-2-14-35-24)27-17-22-16-23(7-8-26(22)36-27)29(34)9-12-32(13-10-29)19-20-5-6-21-3-1-11-30-25(21)15-20/h1,3,5-8,11,15-17,24,34H,2,4,9-10,12-14,18-19H2,(H,31,33). The van der Waals surface area contributed by atoms with Gasteiger partial charge in [0.15, 0.2) is 5.76 Å². The van der Waals surface area contributed by atoms with Crippen molar-refractivity contribution in [1.82, 2.24) is 15.2 Å². The van der Waals surface area contributed by atoms with Gasteiger partial charge in [0, 0.05) is 49.8 Å². The maximum atomic E-state index is 12.6. The lowest BCUT2D eigenvalue weighted by molar-refractivity contribution is -0.0276. The summed E-state index contributed by atoms with van der Waals surface area (Å²) >= 11 is 0. The molecule has 7 heteroatoms. The Morgan fingerprint density at radius 1 is 1.11 bits per heavy atom. The van der Waals surface area contributed by atoms with Crippen LogP contribution in [0.2, 0.25) is 0 Å². The normalized spacial score (nSPS) is 20.2. The van der Waals surface area contributed by atoms with E-state index in [0.717, 1.165) is 60.9 Å². The molecule has 2 aromatic heterocycles. The van der Waals surface area contributed by atoms with Gasteiger partial charge in [0.25, 0.3) is 5.91 Å². The Kier molecular flexibility index (Phi) is 6.21. The number of aromatic nitrogens is 1. The third-order valence-electron chi connectivity index (χ3n) is 7.55. The zero-order chi connectivity index (χ0) is 24.5. The quantitative estimate of drug-likeness (QED) is 0.422. The Hall–Kier alpha value is -3.26. The molecule has 4 heterocycles. The number of hydrogen-bond donors (Lipinski definition) is 2. The monoisotopic (exact) mass is 485 g/mol. The number of carbonyl (C=O) groups excluding carboxylic acids is 1. The SMILES string of the molecule is O=C(NCC1CCCO1)c1cc2cc(C3(O)CCN(Cc4ccc5cccnc5c4)CC3)ccc2o1. The minimum absolute atomic E-state index is 0.0861. The van der Waals surface area contributed by atoms with Crippen molar-refractivity contribution in [1.29, 1.82) is 0 Å². The van der Waals surface area contributed by atoms with E-state index < -0.39 is 5.60 Å². The molecule has 2 aliphatic heterocycles. The molecular weight excluding hydrogens is 454 g/mol. The lowest BCUT2D eigenvalue weighted by Crippen LogP contribution is -2.42. The number of pyridine rings is 1. The summed E-state index contributed by atoms with van der Waals surface area (Å²) in [5, 5.41) is 16.4. The van der Waals surface area contributed by atoms with E-state index in [-0.39, 0.29) is 17.8 Å². The number of nitrogens with one attached hydrogen (secondary N) is 1. The van der Waals surface area contributed by atoms with Gasteiger partial charge in [-0.3, -0.25) is 14.7 Å². The highest BCUT2D eigenvalue weighted by molar-refractivity contribution is 5.96. The van der Waals surface area contributed by atoms with Crippen LogP contribution in [-0.4, -0.2) is 53.2 Å². The number of benzene rings is 2. The number of rotatable bonds is 6. The van der Waals surface area contributed by atoms with Gasteiger partial charge >= 0.3 is 0 Å².